The summed E-state index contributed by atoms with van der Waals surface area (Å²) in [7, 11) is -3.58. The number of anilines is 1. The largest absolute Gasteiger partial charge is 0.506 e. The maximum atomic E-state index is 11.4. The number of aromatic hydroxyl groups is 1. The van der Waals surface area contributed by atoms with Gasteiger partial charge in [0.1, 0.15) is 11.5 Å². The van der Waals surface area contributed by atoms with Crippen molar-refractivity contribution in [2.45, 2.75) is 18.6 Å². The van der Waals surface area contributed by atoms with E-state index >= 15 is 0 Å². The molecule has 3 rings (SSSR count). The Morgan fingerprint density at radius 3 is 2.48 bits per heavy atom. The lowest BCUT2D eigenvalue weighted by molar-refractivity contribution is 0.158. The Labute approximate surface area is 192 Å². The van der Waals surface area contributed by atoms with E-state index in [4.69, 9.17) is 4.74 Å². The van der Waals surface area contributed by atoms with Gasteiger partial charge in [0, 0.05) is 24.8 Å². The number of hydrogen-bond donors (Lipinski definition) is 5. The molecule has 0 saturated carbocycles. The van der Waals surface area contributed by atoms with E-state index in [1.807, 2.05) is 36.4 Å². The van der Waals surface area contributed by atoms with Crippen LogP contribution in [0.2, 0.25) is 0 Å². The van der Waals surface area contributed by atoms with Crippen LogP contribution in [0.3, 0.4) is 0 Å². The first kappa shape index (κ1) is 24.5. The molecular formula is C23H27N3O6S. The molecule has 1 aromatic heterocycles. The maximum absolute atomic E-state index is 11.4. The summed E-state index contributed by atoms with van der Waals surface area (Å²) >= 11 is 0. The fourth-order valence-electron chi connectivity index (χ4n) is 3.15. The minimum absolute atomic E-state index is 0.0132. The van der Waals surface area contributed by atoms with E-state index in [-0.39, 0.29) is 30.6 Å². The zero-order chi connectivity index (χ0) is 23.8. The van der Waals surface area contributed by atoms with Crippen LogP contribution >= 0.6 is 0 Å². The van der Waals surface area contributed by atoms with Gasteiger partial charge in [0.25, 0.3) is 0 Å². The van der Waals surface area contributed by atoms with Gasteiger partial charge >= 0.3 is 0 Å². The summed E-state index contributed by atoms with van der Waals surface area (Å²) in [5.74, 6) is 0.901. The van der Waals surface area contributed by atoms with Gasteiger partial charge in [-0.1, -0.05) is 24.3 Å². The fourth-order valence-corrected chi connectivity index (χ4v) is 3.71. The number of aliphatic hydroxyl groups excluding tert-OH is 2. The number of nitrogens with one attached hydrogen (secondary N) is 2. The molecule has 10 heteroatoms. The second-order valence-corrected chi connectivity index (χ2v) is 9.32. The highest BCUT2D eigenvalue weighted by Gasteiger charge is 2.15. The summed E-state index contributed by atoms with van der Waals surface area (Å²) < 4.78 is 30.8. The molecule has 1 heterocycles. The molecule has 3 aromatic rings. The first-order valence-electron chi connectivity index (χ1n) is 10.2. The average Bonchev–Trinajstić information content (AvgIpc) is 2.79. The number of pyridine rings is 1. The molecule has 1 unspecified atom stereocenters. The third-order valence-corrected chi connectivity index (χ3v) is 5.38. The summed E-state index contributed by atoms with van der Waals surface area (Å²) in [6, 6.07) is 16.7. The van der Waals surface area contributed by atoms with Crippen LogP contribution in [0, 0.1) is 0 Å². The highest BCUT2D eigenvalue weighted by molar-refractivity contribution is 7.92. The number of hydrogen-bond acceptors (Lipinski definition) is 8. The van der Waals surface area contributed by atoms with Crippen molar-refractivity contribution >= 4 is 15.7 Å². The molecular weight excluding hydrogens is 446 g/mol. The van der Waals surface area contributed by atoms with Crippen molar-refractivity contribution in [3.05, 3.63) is 78.0 Å². The molecule has 5 N–H and O–H groups in total. The fraction of sp³-hybridized carbons (Fsp3) is 0.261. The minimum Gasteiger partial charge on any atom is -0.506 e. The summed E-state index contributed by atoms with van der Waals surface area (Å²) in [5, 5.41) is 33.2. The topological polar surface area (TPSA) is 141 Å². The zero-order valence-corrected chi connectivity index (χ0v) is 18.9. The van der Waals surface area contributed by atoms with Gasteiger partial charge in [-0.25, -0.2) is 13.4 Å². The van der Waals surface area contributed by atoms with Crippen molar-refractivity contribution in [1.29, 1.82) is 0 Å². The van der Waals surface area contributed by atoms with Gasteiger partial charge in [-0.2, -0.15) is 0 Å². The van der Waals surface area contributed by atoms with Gasteiger partial charge in [0.05, 0.1) is 24.7 Å². The third-order valence-electron chi connectivity index (χ3n) is 4.79. The number of rotatable bonds is 11. The molecule has 9 nitrogen and oxygen atoms in total. The molecule has 0 saturated heterocycles. The van der Waals surface area contributed by atoms with E-state index in [0.29, 0.717) is 23.6 Å². The zero-order valence-electron chi connectivity index (χ0n) is 18.0. The summed E-state index contributed by atoms with van der Waals surface area (Å²) in [4.78, 5) is 4.11. The number of benzene rings is 2. The Hall–Kier alpha value is -3.18. The lowest BCUT2D eigenvalue weighted by Crippen LogP contribution is -2.37. The Balaban J connectivity index is 1.56. The van der Waals surface area contributed by atoms with E-state index in [0.717, 1.165) is 11.8 Å². The number of phenolic OH excluding ortho intramolecular Hbond substituents is 1. The molecule has 0 radical (unpaired) electrons. The quantitative estimate of drug-likeness (QED) is 0.267. The number of nitrogens with zero attached hydrogens (tertiary/aromatic N) is 1. The molecule has 2 atom stereocenters. The highest BCUT2D eigenvalue weighted by Crippen LogP contribution is 2.28. The normalized spacial score (nSPS) is 13.3. The number of ether oxygens (including phenoxy) is 1. The number of phenols is 1. The monoisotopic (exact) mass is 473 g/mol. The smallest absolute Gasteiger partial charge is 0.229 e. The predicted molar refractivity (Wildman–Crippen MR) is 125 cm³/mol. The molecule has 0 bridgehead atoms. The molecule has 176 valence electrons. The Bertz CT molecular complexity index is 1140. The molecule has 0 aliphatic carbocycles. The number of aliphatic hydroxyl groups is 2. The summed E-state index contributed by atoms with van der Waals surface area (Å²) in [6.07, 6.45) is 2.16. The van der Waals surface area contributed by atoms with E-state index < -0.39 is 16.1 Å². The van der Waals surface area contributed by atoms with Crippen molar-refractivity contribution in [3.63, 3.8) is 0 Å². The SMILES string of the molecule is CS(=O)(=O)Nc1cc(C(O)CN[C@H](CO)Cc2ccc(Oc3ccccn3)cc2)ccc1O. The number of aromatic nitrogens is 1. The van der Waals surface area contributed by atoms with E-state index in [1.165, 1.54) is 18.2 Å². The maximum Gasteiger partial charge on any atom is 0.229 e. The Morgan fingerprint density at radius 2 is 1.85 bits per heavy atom. The van der Waals surface area contributed by atoms with Crippen LogP contribution in [0.15, 0.2) is 66.9 Å². The van der Waals surface area contributed by atoms with Gasteiger partial charge in [-0.3, -0.25) is 4.72 Å². The first-order chi connectivity index (χ1) is 15.7. The van der Waals surface area contributed by atoms with Gasteiger partial charge in [0.15, 0.2) is 0 Å². The van der Waals surface area contributed by atoms with Crippen LogP contribution in [0.25, 0.3) is 0 Å². The number of sulfonamides is 1. The van der Waals surface area contributed by atoms with Crippen LogP contribution in [0.5, 0.6) is 17.4 Å². The van der Waals surface area contributed by atoms with Crippen LogP contribution in [0.4, 0.5) is 5.69 Å². The Morgan fingerprint density at radius 1 is 1.09 bits per heavy atom. The summed E-state index contributed by atoms with van der Waals surface area (Å²) in [6.45, 7) is -0.0233. The van der Waals surface area contributed by atoms with Crippen molar-refractivity contribution in [3.8, 4) is 17.4 Å². The van der Waals surface area contributed by atoms with E-state index in [1.54, 1.807) is 12.3 Å². The molecule has 0 aliphatic heterocycles. The molecule has 33 heavy (non-hydrogen) atoms. The average molecular weight is 474 g/mol. The van der Waals surface area contributed by atoms with Crippen molar-refractivity contribution < 1.29 is 28.5 Å². The van der Waals surface area contributed by atoms with E-state index in [2.05, 4.69) is 15.0 Å². The first-order valence-corrected chi connectivity index (χ1v) is 12.1. The molecule has 0 amide bonds. The van der Waals surface area contributed by atoms with Crippen LogP contribution in [-0.4, -0.2) is 54.2 Å². The van der Waals surface area contributed by atoms with Crippen molar-refractivity contribution in [1.82, 2.24) is 10.3 Å². The second-order valence-electron chi connectivity index (χ2n) is 7.57. The van der Waals surface area contributed by atoms with Crippen LogP contribution in [-0.2, 0) is 16.4 Å². The van der Waals surface area contributed by atoms with Gasteiger partial charge in [-0.15, -0.1) is 0 Å². The minimum atomic E-state index is -3.58. The molecule has 0 spiro atoms. The van der Waals surface area contributed by atoms with Crippen LogP contribution in [0.1, 0.15) is 17.2 Å². The van der Waals surface area contributed by atoms with Gasteiger partial charge < -0.3 is 25.4 Å². The molecule has 0 aliphatic rings. The van der Waals surface area contributed by atoms with Gasteiger partial charge in [0.2, 0.25) is 15.9 Å². The third kappa shape index (κ3) is 7.72. The van der Waals surface area contributed by atoms with Crippen molar-refractivity contribution in [2.75, 3.05) is 24.1 Å². The highest BCUT2D eigenvalue weighted by atomic mass is 32.2. The molecule has 0 fully saturated rings. The van der Waals surface area contributed by atoms with E-state index in [9.17, 15) is 23.7 Å². The summed E-state index contributed by atoms with van der Waals surface area (Å²) in [5.41, 5.74) is 1.37. The van der Waals surface area contributed by atoms with Crippen molar-refractivity contribution in [2.24, 2.45) is 0 Å². The Kier molecular flexibility index (Phi) is 8.23. The lowest BCUT2D eigenvalue weighted by Gasteiger charge is -2.20. The predicted octanol–water partition coefficient (Wildman–Crippen LogP) is 2.18. The lowest BCUT2D eigenvalue weighted by atomic mass is 10.0. The second kappa shape index (κ2) is 11.1. The van der Waals surface area contributed by atoms with Gasteiger partial charge in [-0.05, 0) is 47.9 Å². The van der Waals surface area contributed by atoms with Crippen LogP contribution < -0.4 is 14.8 Å². The molecule has 2 aromatic carbocycles. The standard InChI is InChI=1S/C23H27N3O6S/c1-33(30,31)26-20-13-17(7-10-21(20)28)22(29)14-25-18(15-27)12-16-5-8-19(9-6-16)32-23-4-2-3-11-24-23/h2-11,13,18,22,25-29H,12,14-15H2,1H3/t18-,22?/m0/s1.